The lowest BCUT2D eigenvalue weighted by atomic mass is 9.83. The number of ether oxygens (including phenoxy) is 1. The molecule has 0 radical (unpaired) electrons. The molecule has 0 amide bonds. The standard InChI is InChI=1S/C36H38N2O4/c1-35(2,24-39)19-18-29-30-20-28(42-23-27-15-14-26-12-8-9-13-31(26)37-27)16-17-32(30)38(22-25-10-6-5-7-11-25)33(29)21-36(3,4)34(40)41/h5-17,20,24H,18-19,21-23H2,1-4H3,(H,40,41). The van der Waals surface area contributed by atoms with Gasteiger partial charge in [-0.3, -0.25) is 4.79 Å². The molecule has 5 aromatic rings. The minimum absolute atomic E-state index is 0.327. The number of para-hydroxylation sites is 1. The Balaban J connectivity index is 1.58. The molecule has 0 aliphatic heterocycles. The molecule has 2 heterocycles. The van der Waals surface area contributed by atoms with Crippen molar-refractivity contribution in [1.82, 2.24) is 9.55 Å². The highest BCUT2D eigenvalue weighted by Gasteiger charge is 2.32. The quantitative estimate of drug-likeness (QED) is 0.158. The highest BCUT2D eigenvalue weighted by Crippen LogP contribution is 2.37. The van der Waals surface area contributed by atoms with Crippen molar-refractivity contribution in [2.24, 2.45) is 10.8 Å². The van der Waals surface area contributed by atoms with Crippen molar-refractivity contribution in [3.8, 4) is 5.75 Å². The number of fused-ring (bicyclic) bond motifs is 2. The maximum absolute atomic E-state index is 12.3. The molecule has 3 aromatic carbocycles. The van der Waals surface area contributed by atoms with Crippen LogP contribution in [-0.2, 0) is 35.6 Å². The number of hydrogen-bond donors (Lipinski definition) is 1. The lowest BCUT2D eigenvalue weighted by molar-refractivity contribution is -0.146. The molecule has 0 unspecified atom stereocenters. The van der Waals surface area contributed by atoms with Gasteiger partial charge in [0, 0.05) is 40.4 Å². The SMILES string of the molecule is CC(C)(C=O)CCc1c(CC(C)(C)C(=O)O)n(Cc2ccccc2)c2ccc(OCc3ccc4ccccc4n3)cc12. The lowest BCUT2D eigenvalue weighted by Gasteiger charge is -2.23. The van der Waals surface area contributed by atoms with Crippen LogP contribution in [0.3, 0.4) is 0 Å². The Kier molecular flexibility index (Phi) is 8.17. The van der Waals surface area contributed by atoms with Gasteiger partial charge in [0.1, 0.15) is 18.6 Å². The number of aldehydes is 1. The zero-order chi connectivity index (χ0) is 29.9. The first-order chi connectivity index (χ1) is 20.1. The molecule has 6 nitrogen and oxygen atoms in total. The molecule has 0 aliphatic carbocycles. The smallest absolute Gasteiger partial charge is 0.309 e. The molecule has 0 bridgehead atoms. The van der Waals surface area contributed by atoms with E-state index in [4.69, 9.17) is 9.72 Å². The third-order valence-electron chi connectivity index (χ3n) is 8.01. The van der Waals surface area contributed by atoms with Crippen molar-refractivity contribution in [3.05, 3.63) is 107 Å². The molecule has 0 saturated carbocycles. The number of hydrogen-bond acceptors (Lipinski definition) is 4. The number of nitrogens with zero attached hydrogens (tertiary/aromatic N) is 2. The Hall–Kier alpha value is -4.45. The third-order valence-corrected chi connectivity index (χ3v) is 8.01. The molecule has 216 valence electrons. The number of carbonyl (C=O) groups is 2. The van der Waals surface area contributed by atoms with Gasteiger partial charge in [0.2, 0.25) is 0 Å². The topological polar surface area (TPSA) is 81.4 Å². The van der Waals surface area contributed by atoms with E-state index in [0.717, 1.165) is 50.6 Å². The fourth-order valence-corrected chi connectivity index (χ4v) is 5.32. The second-order valence-electron chi connectivity index (χ2n) is 12.4. The van der Waals surface area contributed by atoms with Crippen molar-refractivity contribution in [2.45, 2.75) is 60.1 Å². The molecule has 5 rings (SSSR count). The largest absolute Gasteiger partial charge is 0.487 e. The first-order valence-corrected chi connectivity index (χ1v) is 14.4. The zero-order valence-corrected chi connectivity index (χ0v) is 24.8. The van der Waals surface area contributed by atoms with Gasteiger partial charge in [-0.1, -0.05) is 68.4 Å². The predicted molar refractivity (Wildman–Crippen MR) is 167 cm³/mol. The van der Waals surface area contributed by atoms with Crippen LogP contribution in [0, 0.1) is 10.8 Å². The molecular formula is C36H38N2O4. The Morgan fingerprint density at radius 2 is 1.69 bits per heavy atom. The molecule has 0 aliphatic rings. The van der Waals surface area contributed by atoms with Gasteiger partial charge in [0.15, 0.2) is 0 Å². The molecule has 2 aromatic heterocycles. The number of carboxylic acid groups (broad SMARTS) is 1. The maximum Gasteiger partial charge on any atom is 0.309 e. The monoisotopic (exact) mass is 562 g/mol. The van der Waals surface area contributed by atoms with Crippen LogP contribution in [0.25, 0.3) is 21.8 Å². The third kappa shape index (κ3) is 6.38. The Morgan fingerprint density at radius 1 is 0.952 bits per heavy atom. The van der Waals surface area contributed by atoms with E-state index in [9.17, 15) is 14.7 Å². The van der Waals surface area contributed by atoms with Crippen LogP contribution in [0.2, 0.25) is 0 Å². The number of pyridine rings is 1. The average Bonchev–Trinajstić information content (AvgIpc) is 3.25. The van der Waals surface area contributed by atoms with E-state index in [1.165, 1.54) is 0 Å². The van der Waals surface area contributed by atoms with Gasteiger partial charge in [-0.2, -0.15) is 0 Å². The molecule has 6 heteroatoms. The van der Waals surface area contributed by atoms with Crippen LogP contribution < -0.4 is 4.74 Å². The van der Waals surface area contributed by atoms with E-state index in [2.05, 4.69) is 34.9 Å². The first-order valence-electron chi connectivity index (χ1n) is 14.4. The van der Waals surface area contributed by atoms with Gasteiger partial charge in [-0.05, 0) is 68.1 Å². The number of aliphatic carboxylic acids is 1. The van der Waals surface area contributed by atoms with Crippen molar-refractivity contribution >= 4 is 34.1 Å². The summed E-state index contributed by atoms with van der Waals surface area (Å²) in [7, 11) is 0. The number of carbonyl (C=O) groups excluding carboxylic acids is 1. The minimum Gasteiger partial charge on any atom is -0.487 e. The minimum atomic E-state index is -0.973. The van der Waals surface area contributed by atoms with Crippen molar-refractivity contribution < 1.29 is 19.4 Å². The molecule has 1 N–H and O–H groups in total. The van der Waals surface area contributed by atoms with Crippen LogP contribution in [0.1, 0.15) is 56.6 Å². The summed E-state index contributed by atoms with van der Waals surface area (Å²) in [6, 6.07) is 28.3. The number of carboxylic acids is 1. The van der Waals surface area contributed by atoms with E-state index in [0.29, 0.717) is 38.2 Å². The van der Waals surface area contributed by atoms with E-state index >= 15 is 0 Å². The number of aryl methyl sites for hydroxylation is 1. The van der Waals surface area contributed by atoms with Crippen LogP contribution in [0.15, 0.2) is 84.9 Å². The van der Waals surface area contributed by atoms with E-state index < -0.39 is 16.8 Å². The van der Waals surface area contributed by atoms with Gasteiger partial charge >= 0.3 is 5.97 Å². The van der Waals surface area contributed by atoms with Crippen molar-refractivity contribution in [1.29, 1.82) is 0 Å². The molecular weight excluding hydrogens is 524 g/mol. The van der Waals surface area contributed by atoms with Gasteiger partial charge in [-0.15, -0.1) is 0 Å². The number of benzene rings is 3. The highest BCUT2D eigenvalue weighted by atomic mass is 16.5. The predicted octanol–water partition coefficient (Wildman–Crippen LogP) is 7.63. The summed E-state index contributed by atoms with van der Waals surface area (Å²) in [5, 5.41) is 12.2. The van der Waals surface area contributed by atoms with Crippen LogP contribution in [-0.4, -0.2) is 26.9 Å². The molecule has 0 spiro atoms. The first kappa shape index (κ1) is 29.1. The summed E-state index contributed by atoms with van der Waals surface area (Å²) < 4.78 is 8.50. The normalized spacial score (nSPS) is 12.1. The van der Waals surface area contributed by atoms with Crippen molar-refractivity contribution in [2.75, 3.05) is 0 Å². The maximum atomic E-state index is 12.3. The fraction of sp³-hybridized carbons (Fsp3) is 0.306. The summed E-state index contributed by atoms with van der Waals surface area (Å²) >= 11 is 0. The molecule has 0 saturated heterocycles. The van der Waals surface area contributed by atoms with Gasteiger partial charge in [0.05, 0.1) is 16.6 Å². The summed E-state index contributed by atoms with van der Waals surface area (Å²) in [6.07, 6.45) is 2.65. The van der Waals surface area contributed by atoms with Gasteiger partial charge in [0.25, 0.3) is 0 Å². The zero-order valence-electron chi connectivity index (χ0n) is 24.8. The molecule has 0 atom stereocenters. The summed E-state index contributed by atoms with van der Waals surface area (Å²) in [5.74, 6) is -0.126. The fourth-order valence-electron chi connectivity index (χ4n) is 5.32. The van der Waals surface area contributed by atoms with E-state index in [1.54, 1.807) is 13.8 Å². The van der Waals surface area contributed by atoms with Crippen LogP contribution in [0.4, 0.5) is 0 Å². The molecule has 0 fully saturated rings. The van der Waals surface area contributed by atoms with Crippen molar-refractivity contribution in [3.63, 3.8) is 0 Å². The number of aromatic nitrogens is 2. The highest BCUT2D eigenvalue weighted by molar-refractivity contribution is 5.88. The van der Waals surface area contributed by atoms with Gasteiger partial charge in [-0.25, -0.2) is 4.98 Å². The van der Waals surface area contributed by atoms with Crippen LogP contribution in [0.5, 0.6) is 5.75 Å². The van der Waals surface area contributed by atoms with E-state index in [1.807, 2.05) is 68.4 Å². The summed E-state index contributed by atoms with van der Waals surface area (Å²) in [6.45, 7) is 8.35. The van der Waals surface area contributed by atoms with Crippen LogP contribution >= 0.6 is 0 Å². The second kappa shape index (κ2) is 11.8. The Bertz CT molecular complexity index is 1730. The Labute approximate surface area is 247 Å². The average molecular weight is 563 g/mol. The number of rotatable bonds is 12. The summed E-state index contributed by atoms with van der Waals surface area (Å²) in [5.41, 5.74) is 4.50. The Morgan fingerprint density at radius 3 is 2.43 bits per heavy atom. The summed E-state index contributed by atoms with van der Waals surface area (Å²) in [4.78, 5) is 28.8. The van der Waals surface area contributed by atoms with E-state index in [-0.39, 0.29) is 0 Å². The van der Waals surface area contributed by atoms with Gasteiger partial charge < -0.3 is 19.2 Å². The molecule has 42 heavy (non-hydrogen) atoms. The second-order valence-corrected chi connectivity index (χ2v) is 12.4. The lowest BCUT2D eigenvalue weighted by Crippen LogP contribution is -2.28.